The highest BCUT2D eigenvalue weighted by molar-refractivity contribution is 7.14. The van der Waals surface area contributed by atoms with Gasteiger partial charge in [0, 0.05) is 10.4 Å². The molecule has 0 aliphatic rings. The number of primary amides is 1. The molecule has 2 N–H and O–H groups in total. The Morgan fingerprint density at radius 3 is 2.80 bits per heavy atom. The molecule has 10 heteroatoms. The van der Waals surface area contributed by atoms with Crippen LogP contribution in [0.2, 0.25) is 0 Å². The molecule has 3 aromatic heterocycles. The van der Waals surface area contributed by atoms with Crippen molar-refractivity contribution in [1.82, 2.24) is 20.0 Å². The zero-order valence-electron chi connectivity index (χ0n) is 16.2. The Balaban J connectivity index is 1.64. The summed E-state index contributed by atoms with van der Waals surface area (Å²) in [6, 6.07) is 10.7. The van der Waals surface area contributed by atoms with Gasteiger partial charge in [0.15, 0.2) is 22.9 Å². The minimum absolute atomic E-state index is 0.00263. The molecule has 0 atom stereocenters. The molecular weight excluding hydrogens is 406 g/mol. The number of nitrogens with zero attached hydrogens (tertiary/aromatic N) is 4. The lowest BCUT2D eigenvalue weighted by Crippen LogP contribution is -2.12. The number of thiophene rings is 1. The second kappa shape index (κ2) is 7.91. The van der Waals surface area contributed by atoms with E-state index in [-0.39, 0.29) is 23.1 Å². The molecule has 4 aromatic rings. The van der Waals surface area contributed by atoms with Gasteiger partial charge in [0.05, 0.1) is 24.7 Å². The van der Waals surface area contributed by atoms with Crippen molar-refractivity contribution < 1.29 is 18.7 Å². The minimum atomic E-state index is -0.717. The van der Waals surface area contributed by atoms with Crippen LogP contribution >= 0.6 is 11.3 Å². The van der Waals surface area contributed by atoms with Crippen molar-refractivity contribution in [2.24, 2.45) is 5.73 Å². The molecule has 0 radical (unpaired) electrons. The number of nitrogens with two attached hydrogens (primary N) is 1. The predicted octanol–water partition coefficient (Wildman–Crippen LogP) is 3.02. The molecule has 3 heterocycles. The fraction of sp³-hybridized carbons (Fsp3) is 0.150. The van der Waals surface area contributed by atoms with Gasteiger partial charge < -0.3 is 14.9 Å². The van der Waals surface area contributed by atoms with Crippen molar-refractivity contribution in [1.29, 1.82) is 0 Å². The van der Waals surface area contributed by atoms with Crippen LogP contribution in [0.15, 0.2) is 47.0 Å². The van der Waals surface area contributed by atoms with Gasteiger partial charge in [-0.3, -0.25) is 9.59 Å². The third kappa shape index (κ3) is 3.85. The van der Waals surface area contributed by atoms with Crippen LogP contribution in [0.1, 0.15) is 32.0 Å². The lowest BCUT2D eigenvalue weighted by Gasteiger charge is -2.02. The molecule has 0 saturated heterocycles. The highest BCUT2D eigenvalue weighted by Crippen LogP contribution is 2.31. The number of benzene rings is 1. The Labute approximate surface area is 175 Å². The molecule has 0 aliphatic heterocycles. The molecule has 0 saturated carbocycles. The van der Waals surface area contributed by atoms with E-state index in [9.17, 15) is 9.59 Å². The van der Waals surface area contributed by atoms with E-state index in [1.807, 2.05) is 6.07 Å². The van der Waals surface area contributed by atoms with Gasteiger partial charge in [0.2, 0.25) is 5.89 Å². The number of Topliss-reactive ketones (excluding diaryl/α,β-unsaturated/α-hetero) is 1. The fourth-order valence-electron chi connectivity index (χ4n) is 2.82. The first-order valence-corrected chi connectivity index (χ1v) is 9.71. The van der Waals surface area contributed by atoms with Gasteiger partial charge in [-0.2, -0.15) is 9.90 Å². The summed E-state index contributed by atoms with van der Waals surface area (Å²) in [5, 5.41) is 8.58. The van der Waals surface area contributed by atoms with Crippen molar-refractivity contribution in [3.8, 4) is 28.7 Å². The van der Waals surface area contributed by atoms with Gasteiger partial charge in [-0.15, -0.1) is 16.4 Å². The van der Waals surface area contributed by atoms with Crippen molar-refractivity contribution in [3.63, 3.8) is 0 Å². The Morgan fingerprint density at radius 1 is 1.27 bits per heavy atom. The summed E-state index contributed by atoms with van der Waals surface area (Å²) in [6.45, 7) is 1.92. The first kappa shape index (κ1) is 19.5. The standard InChI is InChI=1S/C20H17N5O4S/c1-11(26)16-7-6-14(30-16)10-25-22-9-15(24-25)20-23-17(19(21)27)18(29-20)12-4-3-5-13(8-12)28-2/h3-9H,10H2,1-2H3,(H2,21,27). The maximum absolute atomic E-state index is 11.9. The Bertz CT molecular complexity index is 1240. The van der Waals surface area contributed by atoms with Gasteiger partial charge in [-0.1, -0.05) is 12.1 Å². The first-order valence-electron chi connectivity index (χ1n) is 8.90. The van der Waals surface area contributed by atoms with Crippen molar-refractivity contribution in [3.05, 3.63) is 58.0 Å². The molecule has 0 unspecified atom stereocenters. The minimum Gasteiger partial charge on any atom is -0.497 e. The number of carbonyl (C=O) groups excluding carboxylic acids is 2. The summed E-state index contributed by atoms with van der Waals surface area (Å²) in [4.78, 5) is 30.6. The van der Waals surface area contributed by atoms with Gasteiger partial charge in [0.25, 0.3) is 5.91 Å². The van der Waals surface area contributed by atoms with E-state index in [1.165, 1.54) is 29.3 Å². The second-order valence-corrected chi connectivity index (χ2v) is 7.54. The number of rotatable bonds is 7. The second-order valence-electron chi connectivity index (χ2n) is 6.38. The molecule has 0 bridgehead atoms. The zero-order valence-corrected chi connectivity index (χ0v) is 17.0. The molecule has 0 spiro atoms. The van der Waals surface area contributed by atoms with Crippen LogP contribution in [0.5, 0.6) is 5.75 Å². The number of ether oxygens (including phenoxy) is 1. The number of methoxy groups -OCH3 is 1. The van der Waals surface area contributed by atoms with Gasteiger partial charge in [0.1, 0.15) is 5.75 Å². The predicted molar refractivity (Wildman–Crippen MR) is 109 cm³/mol. The Morgan fingerprint density at radius 2 is 2.10 bits per heavy atom. The molecule has 30 heavy (non-hydrogen) atoms. The smallest absolute Gasteiger partial charge is 0.271 e. The van der Waals surface area contributed by atoms with E-state index in [2.05, 4.69) is 15.2 Å². The van der Waals surface area contributed by atoms with Gasteiger partial charge >= 0.3 is 0 Å². The molecule has 1 amide bonds. The molecule has 0 fully saturated rings. The van der Waals surface area contributed by atoms with Crippen LogP contribution in [-0.4, -0.2) is 38.8 Å². The summed E-state index contributed by atoms with van der Waals surface area (Å²) in [6.07, 6.45) is 1.49. The number of carbonyl (C=O) groups is 2. The van der Waals surface area contributed by atoms with Gasteiger partial charge in [-0.05, 0) is 31.2 Å². The van der Waals surface area contributed by atoms with Crippen LogP contribution in [0.4, 0.5) is 0 Å². The van der Waals surface area contributed by atoms with Crippen LogP contribution in [0.25, 0.3) is 22.9 Å². The third-order valence-electron chi connectivity index (χ3n) is 4.25. The van der Waals surface area contributed by atoms with Crippen molar-refractivity contribution >= 4 is 23.0 Å². The van der Waals surface area contributed by atoms with Crippen LogP contribution in [0.3, 0.4) is 0 Å². The summed E-state index contributed by atoms with van der Waals surface area (Å²) >= 11 is 1.39. The number of amides is 1. The SMILES string of the molecule is COc1cccc(-c2oc(-c3cnn(Cc4ccc(C(C)=O)s4)n3)nc2C(N)=O)c1. The number of hydrogen-bond donors (Lipinski definition) is 1. The van der Waals surface area contributed by atoms with E-state index < -0.39 is 5.91 Å². The van der Waals surface area contributed by atoms with Crippen LogP contribution in [-0.2, 0) is 6.54 Å². The van der Waals surface area contributed by atoms with E-state index in [4.69, 9.17) is 14.9 Å². The van der Waals surface area contributed by atoms with Crippen LogP contribution < -0.4 is 10.5 Å². The summed E-state index contributed by atoms with van der Waals surface area (Å²) in [5.74, 6) is 0.265. The molecule has 0 aliphatic carbocycles. The molecule has 4 rings (SSSR count). The topological polar surface area (TPSA) is 126 Å². The molecule has 9 nitrogen and oxygen atoms in total. The monoisotopic (exact) mass is 423 g/mol. The molecular formula is C20H17N5O4S. The lowest BCUT2D eigenvalue weighted by atomic mass is 10.1. The summed E-state index contributed by atoms with van der Waals surface area (Å²) in [7, 11) is 1.55. The fourth-order valence-corrected chi connectivity index (χ4v) is 3.70. The van der Waals surface area contributed by atoms with E-state index in [1.54, 1.807) is 37.4 Å². The number of aromatic nitrogens is 4. The van der Waals surface area contributed by atoms with E-state index >= 15 is 0 Å². The van der Waals surface area contributed by atoms with Crippen molar-refractivity contribution in [2.45, 2.75) is 13.5 Å². The zero-order chi connectivity index (χ0) is 21.3. The average molecular weight is 423 g/mol. The maximum Gasteiger partial charge on any atom is 0.271 e. The largest absolute Gasteiger partial charge is 0.497 e. The molecule has 1 aromatic carbocycles. The number of ketones is 1. The summed E-state index contributed by atoms with van der Waals surface area (Å²) in [5.41, 5.74) is 6.44. The number of hydrogen-bond acceptors (Lipinski definition) is 8. The van der Waals surface area contributed by atoms with Gasteiger partial charge in [-0.25, -0.2) is 4.98 Å². The maximum atomic E-state index is 11.9. The van der Waals surface area contributed by atoms with E-state index in [0.717, 1.165) is 4.88 Å². The van der Waals surface area contributed by atoms with Crippen LogP contribution in [0, 0.1) is 0 Å². The quantitative estimate of drug-likeness (QED) is 0.453. The van der Waals surface area contributed by atoms with Crippen molar-refractivity contribution in [2.75, 3.05) is 7.11 Å². The highest BCUT2D eigenvalue weighted by atomic mass is 32.1. The van der Waals surface area contributed by atoms with E-state index in [0.29, 0.717) is 28.4 Å². The number of oxazole rings is 1. The third-order valence-corrected chi connectivity index (χ3v) is 5.42. The lowest BCUT2D eigenvalue weighted by molar-refractivity contribution is 0.0993. The first-order chi connectivity index (χ1) is 14.4. The highest BCUT2D eigenvalue weighted by Gasteiger charge is 2.22. The molecule has 152 valence electrons. The summed E-state index contributed by atoms with van der Waals surface area (Å²) < 4.78 is 11.0. The Kier molecular flexibility index (Phi) is 5.15. The average Bonchev–Trinajstić information content (AvgIpc) is 3.47. The normalized spacial score (nSPS) is 10.9. The Hall–Kier alpha value is -3.79.